The Morgan fingerprint density at radius 1 is 1.39 bits per heavy atom. The molecule has 106 valence electrons. The number of unbranched alkanes of at least 4 members (excludes halogenated alkanes) is 1. The highest BCUT2D eigenvalue weighted by atomic mass is 16.5. The third-order valence-electron chi connectivity index (χ3n) is 3.02. The van der Waals surface area contributed by atoms with Gasteiger partial charge >= 0.3 is 11.9 Å². The van der Waals surface area contributed by atoms with Crippen molar-refractivity contribution in [3.63, 3.8) is 0 Å². The van der Waals surface area contributed by atoms with Crippen LogP contribution in [-0.4, -0.2) is 36.7 Å². The zero-order valence-electron chi connectivity index (χ0n) is 11.8. The second kappa shape index (κ2) is 8.08. The summed E-state index contributed by atoms with van der Waals surface area (Å²) in [6, 6.07) is -0.529. The lowest BCUT2D eigenvalue weighted by molar-refractivity contribution is -0.151. The molecule has 0 aromatic rings. The van der Waals surface area contributed by atoms with Crippen molar-refractivity contribution in [3.8, 4) is 0 Å². The number of carbonyl (C=O) groups excluding carboxylic acids is 1. The Morgan fingerprint density at radius 3 is 2.44 bits per heavy atom. The first-order chi connectivity index (χ1) is 8.35. The fourth-order valence-corrected chi connectivity index (χ4v) is 1.66. The molecule has 0 rings (SSSR count). The predicted octanol–water partition coefficient (Wildman–Crippen LogP) is 1.81. The van der Waals surface area contributed by atoms with E-state index < -0.39 is 17.4 Å². The van der Waals surface area contributed by atoms with Gasteiger partial charge in [-0.1, -0.05) is 19.8 Å². The van der Waals surface area contributed by atoms with Crippen molar-refractivity contribution in [2.24, 2.45) is 5.41 Å². The molecule has 5 nitrogen and oxygen atoms in total. The predicted molar refractivity (Wildman–Crippen MR) is 69.4 cm³/mol. The van der Waals surface area contributed by atoms with Crippen LogP contribution in [0, 0.1) is 5.41 Å². The number of nitrogens with one attached hydrogen (secondary N) is 1. The van der Waals surface area contributed by atoms with Crippen molar-refractivity contribution in [2.75, 3.05) is 13.7 Å². The van der Waals surface area contributed by atoms with Gasteiger partial charge in [-0.2, -0.15) is 0 Å². The molecule has 0 saturated carbocycles. The monoisotopic (exact) mass is 259 g/mol. The van der Waals surface area contributed by atoms with Crippen LogP contribution >= 0.6 is 0 Å². The van der Waals surface area contributed by atoms with E-state index in [1.54, 1.807) is 13.8 Å². The second-order valence-corrected chi connectivity index (χ2v) is 5.11. The molecule has 0 bridgehead atoms. The molecule has 5 heteroatoms. The van der Waals surface area contributed by atoms with Gasteiger partial charge in [-0.05, 0) is 33.2 Å². The number of carboxylic acids is 1. The van der Waals surface area contributed by atoms with Gasteiger partial charge in [-0.3, -0.25) is 9.59 Å². The fourth-order valence-electron chi connectivity index (χ4n) is 1.66. The summed E-state index contributed by atoms with van der Waals surface area (Å²) in [6.07, 6.45) is 3.02. The molecule has 0 amide bonds. The summed E-state index contributed by atoms with van der Waals surface area (Å²) < 4.78 is 4.70. The second-order valence-electron chi connectivity index (χ2n) is 5.11. The minimum absolute atomic E-state index is 0.273. The van der Waals surface area contributed by atoms with E-state index in [4.69, 9.17) is 9.84 Å². The van der Waals surface area contributed by atoms with Gasteiger partial charge in [0.25, 0.3) is 0 Å². The molecular weight excluding hydrogens is 234 g/mol. The average Bonchev–Trinajstić information content (AvgIpc) is 2.31. The van der Waals surface area contributed by atoms with Crippen LogP contribution in [0.1, 0.15) is 46.5 Å². The highest BCUT2D eigenvalue weighted by Crippen LogP contribution is 2.21. The third kappa shape index (κ3) is 6.00. The minimum atomic E-state index is -0.834. The van der Waals surface area contributed by atoms with Crippen molar-refractivity contribution in [2.45, 2.75) is 52.5 Å². The zero-order valence-corrected chi connectivity index (χ0v) is 11.8. The summed E-state index contributed by atoms with van der Waals surface area (Å²) in [5.74, 6) is -1.11. The number of carboxylic acid groups (broad SMARTS) is 1. The maximum atomic E-state index is 11.4. The van der Waals surface area contributed by atoms with Crippen LogP contribution in [-0.2, 0) is 14.3 Å². The number of hydrogen-bond acceptors (Lipinski definition) is 4. The molecule has 18 heavy (non-hydrogen) atoms. The van der Waals surface area contributed by atoms with Crippen molar-refractivity contribution >= 4 is 11.9 Å². The first-order valence-corrected chi connectivity index (χ1v) is 6.39. The molecule has 0 radical (unpaired) electrons. The number of rotatable bonds is 9. The molecule has 0 aromatic carbocycles. The highest BCUT2D eigenvalue weighted by molar-refractivity contribution is 5.75. The first-order valence-electron chi connectivity index (χ1n) is 6.39. The number of carbonyl (C=O) groups is 2. The summed E-state index contributed by atoms with van der Waals surface area (Å²) in [5, 5.41) is 12.0. The van der Waals surface area contributed by atoms with Crippen LogP contribution in [0.4, 0.5) is 0 Å². The normalized spacial score (nSPS) is 13.1. The van der Waals surface area contributed by atoms with Gasteiger partial charge in [0.05, 0.1) is 12.5 Å². The van der Waals surface area contributed by atoms with Crippen LogP contribution in [0.5, 0.6) is 0 Å². The molecule has 0 aliphatic rings. The highest BCUT2D eigenvalue weighted by Gasteiger charge is 2.28. The minimum Gasteiger partial charge on any atom is -0.480 e. The molecule has 0 saturated heterocycles. The molecule has 1 atom stereocenters. The Labute approximate surface area is 109 Å². The quantitative estimate of drug-likeness (QED) is 0.618. The van der Waals surface area contributed by atoms with Crippen molar-refractivity contribution in [1.29, 1.82) is 0 Å². The van der Waals surface area contributed by atoms with E-state index in [1.807, 2.05) is 6.92 Å². The fraction of sp³-hybridized carbons (Fsp3) is 0.846. The van der Waals surface area contributed by atoms with Crippen LogP contribution in [0.3, 0.4) is 0 Å². The molecule has 0 aliphatic carbocycles. The lowest BCUT2D eigenvalue weighted by Crippen LogP contribution is -2.39. The van der Waals surface area contributed by atoms with Crippen LogP contribution in [0.25, 0.3) is 0 Å². The zero-order chi connectivity index (χ0) is 14.2. The number of methoxy groups -OCH3 is 1. The maximum absolute atomic E-state index is 11.4. The lowest BCUT2D eigenvalue weighted by atomic mass is 9.89. The molecule has 0 spiro atoms. The van der Waals surface area contributed by atoms with Crippen molar-refractivity contribution in [3.05, 3.63) is 0 Å². The summed E-state index contributed by atoms with van der Waals surface area (Å²) in [7, 11) is 1.36. The van der Waals surface area contributed by atoms with Crippen LogP contribution in [0.2, 0.25) is 0 Å². The van der Waals surface area contributed by atoms with Crippen LogP contribution < -0.4 is 5.32 Å². The number of esters is 1. The van der Waals surface area contributed by atoms with Gasteiger partial charge in [0.1, 0.15) is 6.04 Å². The molecule has 2 N–H and O–H groups in total. The largest absolute Gasteiger partial charge is 0.480 e. The average molecular weight is 259 g/mol. The van der Waals surface area contributed by atoms with E-state index in [0.717, 1.165) is 12.8 Å². The SMILES string of the molecule is CCCC[C@H](NCCC(C)(C)C(=O)OC)C(=O)O. The summed E-state index contributed by atoms with van der Waals surface area (Å²) in [4.78, 5) is 22.4. The maximum Gasteiger partial charge on any atom is 0.320 e. The van der Waals surface area contributed by atoms with E-state index >= 15 is 0 Å². The number of ether oxygens (including phenoxy) is 1. The Bertz CT molecular complexity index is 276. The van der Waals surface area contributed by atoms with Gasteiger partial charge < -0.3 is 15.2 Å². The Morgan fingerprint density at radius 2 is 2.00 bits per heavy atom. The Balaban J connectivity index is 4.13. The van der Waals surface area contributed by atoms with Crippen molar-refractivity contribution < 1.29 is 19.4 Å². The first kappa shape index (κ1) is 16.9. The van der Waals surface area contributed by atoms with E-state index in [9.17, 15) is 9.59 Å². The van der Waals surface area contributed by atoms with Crippen LogP contribution in [0.15, 0.2) is 0 Å². The third-order valence-corrected chi connectivity index (χ3v) is 3.02. The standard InChI is InChI=1S/C13H25NO4/c1-5-6-7-10(11(15)16)14-9-8-13(2,3)12(17)18-4/h10,14H,5-9H2,1-4H3,(H,15,16)/t10-/m0/s1. The number of aliphatic carboxylic acids is 1. The van der Waals surface area contributed by atoms with Gasteiger partial charge in [-0.25, -0.2) is 0 Å². The van der Waals surface area contributed by atoms with Gasteiger partial charge in [0.2, 0.25) is 0 Å². The molecule has 0 aliphatic heterocycles. The Hall–Kier alpha value is -1.10. The van der Waals surface area contributed by atoms with E-state index in [2.05, 4.69) is 5.32 Å². The van der Waals surface area contributed by atoms with Gasteiger partial charge in [0.15, 0.2) is 0 Å². The molecule has 0 unspecified atom stereocenters. The van der Waals surface area contributed by atoms with E-state index in [1.165, 1.54) is 7.11 Å². The van der Waals surface area contributed by atoms with E-state index in [-0.39, 0.29) is 5.97 Å². The number of hydrogen-bond donors (Lipinski definition) is 2. The molecule has 0 aromatic heterocycles. The summed E-state index contributed by atoms with van der Waals surface area (Å²) in [5.41, 5.74) is -0.588. The van der Waals surface area contributed by atoms with Gasteiger partial charge in [-0.15, -0.1) is 0 Å². The molecule has 0 fully saturated rings. The summed E-state index contributed by atoms with van der Waals surface area (Å²) in [6.45, 7) is 6.10. The topological polar surface area (TPSA) is 75.6 Å². The van der Waals surface area contributed by atoms with Gasteiger partial charge in [0, 0.05) is 0 Å². The lowest BCUT2D eigenvalue weighted by Gasteiger charge is -2.22. The smallest absolute Gasteiger partial charge is 0.320 e. The van der Waals surface area contributed by atoms with E-state index in [0.29, 0.717) is 19.4 Å². The Kier molecular flexibility index (Phi) is 7.59. The summed E-state index contributed by atoms with van der Waals surface area (Å²) >= 11 is 0. The van der Waals surface area contributed by atoms with Crippen molar-refractivity contribution in [1.82, 2.24) is 5.32 Å². The molecule has 0 heterocycles. The molecular formula is C13H25NO4.